The molecule has 0 bridgehead atoms. The van der Waals surface area contributed by atoms with Crippen LogP contribution in [0, 0.1) is 5.92 Å². The number of unbranched alkanes of at least 4 members (excludes halogenated alkanes) is 1. The summed E-state index contributed by atoms with van der Waals surface area (Å²) in [6.45, 7) is 4.69. The molecule has 128 valence electrons. The lowest BCUT2D eigenvalue weighted by Gasteiger charge is -2.16. The first-order valence-electron chi connectivity index (χ1n) is 8.22. The van der Waals surface area contributed by atoms with E-state index in [0.29, 0.717) is 18.3 Å². The van der Waals surface area contributed by atoms with Crippen LogP contribution in [0.25, 0.3) is 5.76 Å². The van der Waals surface area contributed by atoms with Gasteiger partial charge < -0.3 is 14.2 Å². The topological polar surface area (TPSA) is 44.8 Å². The summed E-state index contributed by atoms with van der Waals surface area (Å²) in [5.41, 5.74) is 0.779. The number of carbonyl (C=O) groups is 1. The van der Waals surface area contributed by atoms with Gasteiger partial charge in [-0.25, -0.2) is 4.79 Å². The predicted molar refractivity (Wildman–Crippen MR) is 91.6 cm³/mol. The van der Waals surface area contributed by atoms with E-state index in [0.717, 1.165) is 31.2 Å². The summed E-state index contributed by atoms with van der Waals surface area (Å²) in [7, 11) is 2.97. The van der Waals surface area contributed by atoms with Crippen molar-refractivity contribution >= 4 is 11.7 Å². The fraction of sp³-hybridized carbons (Fsp3) is 0.526. The third-order valence-corrected chi connectivity index (χ3v) is 3.83. The second kappa shape index (κ2) is 10.7. The number of hydrogen-bond acceptors (Lipinski definition) is 4. The highest BCUT2D eigenvalue weighted by atomic mass is 16.6. The number of ether oxygens (including phenoxy) is 3. The van der Waals surface area contributed by atoms with Gasteiger partial charge in [0, 0.05) is 5.56 Å². The fourth-order valence-electron chi connectivity index (χ4n) is 2.36. The Morgan fingerprint density at radius 1 is 1.09 bits per heavy atom. The Morgan fingerprint density at radius 2 is 1.78 bits per heavy atom. The third kappa shape index (κ3) is 5.97. The van der Waals surface area contributed by atoms with Crippen molar-refractivity contribution in [3.8, 4) is 0 Å². The normalized spacial score (nSPS) is 13.0. The lowest BCUT2D eigenvalue weighted by atomic mass is 10.0. The van der Waals surface area contributed by atoms with Gasteiger partial charge >= 0.3 is 5.97 Å². The Balaban J connectivity index is 2.82. The van der Waals surface area contributed by atoms with E-state index in [4.69, 9.17) is 14.2 Å². The van der Waals surface area contributed by atoms with Crippen molar-refractivity contribution in [1.29, 1.82) is 0 Å². The van der Waals surface area contributed by atoms with E-state index < -0.39 is 5.97 Å². The maximum atomic E-state index is 12.4. The van der Waals surface area contributed by atoms with Crippen molar-refractivity contribution in [2.24, 2.45) is 5.92 Å². The standard InChI is InChI=1S/C19H28O4/c1-5-7-11-15(6-2)14-23-19(20)18(22-4)17(21-3)16-12-9-8-10-13-16/h8-10,12-13,15H,5-7,11,14H2,1-4H3. The van der Waals surface area contributed by atoms with Crippen molar-refractivity contribution in [2.75, 3.05) is 20.8 Å². The predicted octanol–water partition coefficient (Wildman–Crippen LogP) is 4.41. The van der Waals surface area contributed by atoms with Crippen molar-refractivity contribution in [1.82, 2.24) is 0 Å². The number of rotatable bonds is 10. The van der Waals surface area contributed by atoms with Gasteiger partial charge in [-0.3, -0.25) is 0 Å². The zero-order valence-electron chi connectivity index (χ0n) is 14.6. The molecule has 4 heteroatoms. The molecule has 0 aromatic heterocycles. The largest absolute Gasteiger partial charge is 0.492 e. The van der Waals surface area contributed by atoms with Crippen LogP contribution in [0.3, 0.4) is 0 Å². The van der Waals surface area contributed by atoms with E-state index in [9.17, 15) is 4.79 Å². The summed E-state index contributed by atoms with van der Waals surface area (Å²) in [5, 5.41) is 0. The zero-order chi connectivity index (χ0) is 17.1. The second-order valence-electron chi connectivity index (χ2n) is 5.45. The molecule has 23 heavy (non-hydrogen) atoms. The molecule has 1 aromatic rings. The maximum absolute atomic E-state index is 12.4. The summed E-state index contributed by atoms with van der Waals surface area (Å²) < 4.78 is 16.1. The summed E-state index contributed by atoms with van der Waals surface area (Å²) in [5.74, 6) is 0.395. The molecule has 0 heterocycles. The maximum Gasteiger partial charge on any atom is 0.377 e. The summed E-state index contributed by atoms with van der Waals surface area (Å²) in [4.78, 5) is 12.4. The Morgan fingerprint density at radius 3 is 2.30 bits per heavy atom. The smallest absolute Gasteiger partial charge is 0.377 e. The molecule has 0 saturated heterocycles. The lowest BCUT2D eigenvalue weighted by molar-refractivity contribution is -0.144. The quantitative estimate of drug-likeness (QED) is 0.364. The number of methoxy groups -OCH3 is 2. The molecule has 4 nitrogen and oxygen atoms in total. The van der Waals surface area contributed by atoms with Gasteiger partial charge in [0.1, 0.15) is 0 Å². The van der Waals surface area contributed by atoms with E-state index in [-0.39, 0.29) is 5.76 Å². The molecular formula is C19H28O4. The minimum atomic E-state index is -0.483. The first-order chi connectivity index (χ1) is 11.2. The zero-order valence-corrected chi connectivity index (χ0v) is 14.6. The van der Waals surface area contributed by atoms with Crippen LogP contribution < -0.4 is 0 Å². The van der Waals surface area contributed by atoms with Crippen LogP contribution in [0.15, 0.2) is 36.1 Å². The monoisotopic (exact) mass is 320 g/mol. The molecule has 1 aromatic carbocycles. The van der Waals surface area contributed by atoms with Crippen LogP contribution in [0.1, 0.15) is 45.1 Å². The van der Waals surface area contributed by atoms with Gasteiger partial charge in [0.15, 0.2) is 5.76 Å². The molecule has 0 amide bonds. The van der Waals surface area contributed by atoms with E-state index in [1.54, 1.807) is 0 Å². The van der Waals surface area contributed by atoms with Crippen LogP contribution in [-0.2, 0) is 19.0 Å². The Labute approximate surface area is 139 Å². The van der Waals surface area contributed by atoms with Gasteiger partial charge in [0.05, 0.1) is 20.8 Å². The highest BCUT2D eigenvalue weighted by Crippen LogP contribution is 2.21. The molecular weight excluding hydrogens is 292 g/mol. The number of carbonyl (C=O) groups excluding carboxylic acids is 1. The highest BCUT2D eigenvalue weighted by molar-refractivity contribution is 5.94. The Kier molecular flexibility index (Phi) is 8.88. The number of esters is 1. The lowest BCUT2D eigenvalue weighted by Crippen LogP contribution is -2.17. The van der Waals surface area contributed by atoms with E-state index in [2.05, 4.69) is 13.8 Å². The van der Waals surface area contributed by atoms with Gasteiger partial charge in [-0.15, -0.1) is 0 Å². The minimum absolute atomic E-state index is 0.101. The molecule has 1 unspecified atom stereocenters. The van der Waals surface area contributed by atoms with Crippen molar-refractivity contribution in [3.05, 3.63) is 41.7 Å². The number of benzene rings is 1. The molecule has 0 fully saturated rings. The van der Waals surface area contributed by atoms with Crippen LogP contribution in [-0.4, -0.2) is 26.8 Å². The number of hydrogen-bond donors (Lipinski definition) is 0. The average molecular weight is 320 g/mol. The van der Waals surface area contributed by atoms with Crippen molar-refractivity contribution in [2.45, 2.75) is 39.5 Å². The Bertz CT molecular complexity index is 493. The van der Waals surface area contributed by atoms with Crippen LogP contribution >= 0.6 is 0 Å². The van der Waals surface area contributed by atoms with Gasteiger partial charge in [-0.05, 0) is 12.3 Å². The molecule has 0 spiro atoms. The van der Waals surface area contributed by atoms with Gasteiger partial charge in [-0.1, -0.05) is 63.4 Å². The van der Waals surface area contributed by atoms with Gasteiger partial charge in [-0.2, -0.15) is 0 Å². The Hall–Kier alpha value is -1.97. The van der Waals surface area contributed by atoms with Crippen LogP contribution in [0.4, 0.5) is 0 Å². The third-order valence-electron chi connectivity index (χ3n) is 3.83. The first-order valence-corrected chi connectivity index (χ1v) is 8.22. The molecule has 0 aliphatic heterocycles. The molecule has 1 atom stereocenters. The second-order valence-corrected chi connectivity index (χ2v) is 5.45. The summed E-state index contributed by atoms with van der Waals surface area (Å²) in [6.07, 6.45) is 4.36. The van der Waals surface area contributed by atoms with E-state index in [1.807, 2.05) is 30.3 Å². The molecule has 0 radical (unpaired) electrons. The highest BCUT2D eigenvalue weighted by Gasteiger charge is 2.21. The van der Waals surface area contributed by atoms with Gasteiger partial charge in [0.25, 0.3) is 0 Å². The van der Waals surface area contributed by atoms with E-state index in [1.165, 1.54) is 14.2 Å². The van der Waals surface area contributed by atoms with Crippen molar-refractivity contribution < 1.29 is 19.0 Å². The first kappa shape index (κ1) is 19.1. The molecule has 0 aliphatic carbocycles. The summed E-state index contributed by atoms with van der Waals surface area (Å²) in [6, 6.07) is 9.39. The molecule has 0 saturated carbocycles. The molecule has 0 N–H and O–H groups in total. The molecule has 1 rings (SSSR count). The van der Waals surface area contributed by atoms with Gasteiger partial charge in [0.2, 0.25) is 5.76 Å². The average Bonchev–Trinajstić information content (AvgIpc) is 2.60. The van der Waals surface area contributed by atoms with Crippen LogP contribution in [0.5, 0.6) is 0 Å². The SMILES string of the molecule is CCCCC(CC)COC(=O)C(OC)=C(OC)c1ccccc1. The fourth-order valence-corrected chi connectivity index (χ4v) is 2.36. The van der Waals surface area contributed by atoms with E-state index >= 15 is 0 Å². The van der Waals surface area contributed by atoms with Crippen LogP contribution in [0.2, 0.25) is 0 Å². The summed E-state index contributed by atoms with van der Waals surface area (Å²) >= 11 is 0. The van der Waals surface area contributed by atoms with Crippen molar-refractivity contribution in [3.63, 3.8) is 0 Å². The minimum Gasteiger partial charge on any atom is -0.492 e. The molecule has 0 aliphatic rings.